The lowest BCUT2D eigenvalue weighted by Gasteiger charge is -2.26. The molecule has 0 bridgehead atoms. The Balaban J connectivity index is 3.98. The minimum absolute atomic E-state index is 0.0475. The second-order valence-corrected chi connectivity index (χ2v) is 3.63. The van der Waals surface area contributed by atoms with Gasteiger partial charge in [0.2, 0.25) is 0 Å². The number of rotatable bonds is 11. The average Bonchev–Trinajstić information content (AvgIpc) is 2.27. The molecule has 16 heavy (non-hydrogen) atoms. The summed E-state index contributed by atoms with van der Waals surface area (Å²) in [5.41, 5.74) is 0. The molecule has 0 aromatic heterocycles. The molecule has 0 aromatic carbocycles. The van der Waals surface area contributed by atoms with Crippen LogP contribution in [-0.2, 0) is 0 Å². The molecule has 1 atom stereocenters. The van der Waals surface area contributed by atoms with E-state index in [1.165, 1.54) is 0 Å². The Kier molecular flexibility index (Phi) is 11.1. The quantitative estimate of drug-likeness (QED) is 0.275. The molecule has 0 aromatic rings. The lowest BCUT2D eigenvalue weighted by Crippen LogP contribution is -2.44. The summed E-state index contributed by atoms with van der Waals surface area (Å²) in [7, 11) is 0. The molecule has 0 fully saturated rings. The molecule has 0 radical (unpaired) electrons. The van der Waals surface area contributed by atoms with Crippen molar-refractivity contribution in [2.75, 3.05) is 52.6 Å². The van der Waals surface area contributed by atoms with Crippen molar-refractivity contribution in [2.24, 2.45) is 0 Å². The van der Waals surface area contributed by atoms with E-state index in [-0.39, 0.29) is 32.5 Å². The van der Waals surface area contributed by atoms with Gasteiger partial charge in [-0.1, -0.05) is 0 Å². The molecule has 0 aliphatic carbocycles. The number of hydrogen-bond donors (Lipinski definition) is 5. The first-order valence-corrected chi connectivity index (χ1v) is 5.67. The molecule has 0 aliphatic rings. The fourth-order valence-corrected chi connectivity index (χ4v) is 1.57. The second kappa shape index (κ2) is 11.3. The van der Waals surface area contributed by atoms with E-state index in [0.717, 1.165) is 0 Å². The van der Waals surface area contributed by atoms with Gasteiger partial charge < -0.3 is 25.7 Å². The fourth-order valence-electron chi connectivity index (χ4n) is 1.57. The molecular formula is C10H24N2O4. The first-order valence-electron chi connectivity index (χ1n) is 5.67. The molecule has 0 spiro atoms. The Bertz CT molecular complexity index is 143. The summed E-state index contributed by atoms with van der Waals surface area (Å²) in [6.45, 7) is 2.36. The maximum atomic E-state index is 8.89. The van der Waals surface area contributed by atoms with Gasteiger partial charge in [0, 0.05) is 38.8 Å². The largest absolute Gasteiger partial charge is 0.396 e. The molecule has 98 valence electrons. The van der Waals surface area contributed by atoms with Gasteiger partial charge in [-0.25, -0.2) is 0 Å². The third kappa shape index (κ3) is 7.98. The monoisotopic (exact) mass is 236 g/mol. The van der Waals surface area contributed by atoms with Gasteiger partial charge in [0.05, 0.1) is 19.8 Å². The molecule has 0 saturated carbocycles. The Morgan fingerprint density at radius 1 is 0.875 bits per heavy atom. The second-order valence-electron chi connectivity index (χ2n) is 3.63. The van der Waals surface area contributed by atoms with E-state index in [1.807, 2.05) is 4.90 Å². The van der Waals surface area contributed by atoms with Crippen LogP contribution in [-0.4, -0.2) is 84.0 Å². The molecule has 1 unspecified atom stereocenters. The lowest BCUT2D eigenvalue weighted by atomic mass is 10.2. The number of nitrogens with zero attached hydrogens (tertiary/aromatic N) is 1. The van der Waals surface area contributed by atoms with Crippen LogP contribution in [0.25, 0.3) is 0 Å². The van der Waals surface area contributed by atoms with E-state index in [4.69, 9.17) is 20.4 Å². The number of aliphatic hydroxyl groups excluding tert-OH is 4. The van der Waals surface area contributed by atoms with Crippen molar-refractivity contribution in [1.29, 1.82) is 0 Å². The van der Waals surface area contributed by atoms with E-state index < -0.39 is 0 Å². The van der Waals surface area contributed by atoms with Crippen LogP contribution in [0.5, 0.6) is 0 Å². The van der Waals surface area contributed by atoms with Gasteiger partial charge in [0.25, 0.3) is 0 Å². The topological polar surface area (TPSA) is 96.2 Å². The third-order valence-electron chi connectivity index (χ3n) is 2.33. The van der Waals surface area contributed by atoms with Crippen LogP contribution in [0.15, 0.2) is 0 Å². The van der Waals surface area contributed by atoms with Gasteiger partial charge in [-0.15, -0.1) is 0 Å². The first-order chi connectivity index (χ1) is 7.78. The smallest absolute Gasteiger partial charge is 0.0558 e. The highest BCUT2D eigenvalue weighted by molar-refractivity contribution is 4.72. The number of nitrogens with one attached hydrogen (secondary N) is 1. The highest BCUT2D eigenvalue weighted by Gasteiger charge is 2.12. The summed E-state index contributed by atoms with van der Waals surface area (Å²) in [4.78, 5) is 1.92. The van der Waals surface area contributed by atoms with Crippen LogP contribution in [0.4, 0.5) is 0 Å². The van der Waals surface area contributed by atoms with Crippen molar-refractivity contribution >= 4 is 0 Å². The molecule has 0 aliphatic heterocycles. The number of aliphatic hydroxyl groups is 4. The molecule has 6 nitrogen and oxygen atoms in total. The summed E-state index contributed by atoms with van der Waals surface area (Å²) in [5, 5.41) is 38.4. The zero-order chi connectivity index (χ0) is 12.2. The minimum atomic E-state index is 0.0475. The zero-order valence-electron chi connectivity index (χ0n) is 9.68. The van der Waals surface area contributed by atoms with Crippen molar-refractivity contribution < 1.29 is 20.4 Å². The fraction of sp³-hybridized carbons (Fsp3) is 1.00. The van der Waals surface area contributed by atoms with E-state index in [2.05, 4.69) is 5.32 Å². The van der Waals surface area contributed by atoms with Crippen molar-refractivity contribution in [1.82, 2.24) is 10.2 Å². The molecule has 0 saturated heterocycles. The van der Waals surface area contributed by atoms with Crippen LogP contribution in [0.3, 0.4) is 0 Å². The molecule has 0 amide bonds. The Hall–Kier alpha value is -0.240. The van der Waals surface area contributed by atoms with Gasteiger partial charge in [-0.05, 0) is 6.42 Å². The van der Waals surface area contributed by atoms with E-state index in [0.29, 0.717) is 32.6 Å². The minimum Gasteiger partial charge on any atom is -0.396 e. The van der Waals surface area contributed by atoms with Crippen LogP contribution >= 0.6 is 0 Å². The molecule has 5 N–H and O–H groups in total. The van der Waals surface area contributed by atoms with Gasteiger partial charge in [0.15, 0.2) is 0 Å². The molecule has 6 heteroatoms. The van der Waals surface area contributed by atoms with Crippen molar-refractivity contribution in [3.63, 3.8) is 0 Å². The van der Waals surface area contributed by atoms with Crippen LogP contribution < -0.4 is 5.32 Å². The molecule has 0 heterocycles. The van der Waals surface area contributed by atoms with Gasteiger partial charge in [0.1, 0.15) is 0 Å². The van der Waals surface area contributed by atoms with Crippen LogP contribution in [0.2, 0.25) is 0 Å². The standard InChI is InChI=1S/C10H24N2O4/c13-5-1-10(11-2-6-14)9-12(3-7-15)4-8-16/h10-11,13-16H,1-9H2. The number of hydrogen-bond acceptors (Lipinski definition) is 6. The molecular weight excluding hydrogens is 212 g/mol. The Morgan fingerprint density at radius 3 is 1.94 bits per heavy atom. The van der Waals surface area contributed by atoms with E-state index in [1.54, 1.807) is 0 Å². The highest BCUT2D eigenvalue weighted by atomic mass is 16.3. The average molecular weight is 236 g/mol. The zero-order valence-corrected chi connectivity index (χ0v) is 9.68. The Labute approximate surface area is 96.5 Å². The van der Waals surface area contributed by atoms with Gasteiger partial charge in [-0.2, -0.15) is 0 Å². The van der Waals surface area contributed by atoms with E-state index >= 15 is 0 Å². The maximum absolute atomic E-state index is 8.89. The van der Waals surface area contributed by atoms with Crippen molar-refractivity contribution in [2.45, 2.75) is 12.5 Å². The van der Waals surface area contributed by atoms with Crippen molar-refractivity contribution in [3.05, 3.63) is 0 Å². The van der Waals surface area contributed by atoms with Gasteiger partial charge >= 0.3 is 0 Å². The summed E-state index contributed by atoms with van der Waals surface area (Å²) in [6, 6.07) is 0.0650. The SMILES string of the molecule is OCCNC(CCO)CN(CCO)CCO. The summed E-state index contributed by atoms with van der Waals surface area (Å²) in [5.74, 6) is 0. The normalized spacial score (nSPS) is 13.3. The Morgan fingerprint density at radius 2 is 1.50 bits per heavy atom. The van der Waals surface area contributed by atoms with E-state index in [9.17, 15) is 0 Å². The van der Waals surface area contributed by atoms with Crippen LogP contribution in [0, 0.1) is 0 Å². The first kappa shape index (κ1) is 15.8. The summed E-state index contributed by atoms with van der Waals surface area (Å²) >= 11 is 0. The maximum Gasteiger partial charge on any atom is 0.0558 e. The molecule has 0 rings (SSSR count). The summed E-state index contributed by atoms with van der Waals surface area (Å²) < 4.78 is 0. The predicted octanol–water partition coefficient (Wildman–Crippen LogP) is -2.39. The third-order valence-corrected chi connectivity index (χ3v) is 2.33. The summed E-state index contributed by atoms with van der Waals surface area (Å²) in [6.07, 6.45) is 0.591. The van der Waals surface area contributed by atoms with Crippen LogP contribution in [0.1, 0.15) is 6.42 Å². The highest BCUT2D eigenvalue weighted by Crippen LogP contribution is 1.97. The van der Waals surface area contributed by atoms with Gasteiger partial charge in [-0.3, -0.25) is 4.90 Å². The lowest BCUT2D eigenvalue weighted by molar-refractivity contribution is 0.141. The van der Waals surface area contributed by atoms with Crippen molar-refractivity contribution in [3.8, 4) is 0 Å². The predicted molar refractivity (Wildman–Crippen MR) is 61.2 cm³/mol.